The van der Waals surface area contributed by atoms with Crippen LogP contribution in [0.4, 0.5) is 0 Å². The summed E-state index contributed by atoms with van der Waals surface area (Å²) in [6.07, 6.45) is 7.70. The molecule has 0 aliphatic heterocycles. The summed E-state index contributed by atoms with van der Waals surface area (Å²) in [6, 6.07) is 2.25. The summed E-state index contributed by atoms with van der Waals surface area (Å²) >= 11 is 1.94. The molecule has 1 saturated carbocycles. The van der Waals surface area contributed by atoms with Crippen molar-refractivity contribution < 1.29 is 0 Å². The largest absolute Gasteiger partial charge is 0.316 e. The zero-order valence-corrected chi connectivity index (χ0v) is 11.6. The summed E-state index contributed by atoms with van der Waals surface area (Å²) in [7, 11) is 1.97. The fourth-order valence-corrected chi connectivity index (χ4v) is 3.59. The lowest BCUT2D eigenvalue weighted by atomic mass is 10.1. The number of pyridine rings is 1. The molecule has 0 atom stereocenters. The number of hydrogen-bond acceptors (Lipinski definition) is 3. The predicted molar refractivity (Wildman–Crippen MR) is 74.4 cm³/mol. The number of aromatic nitrogens is 1. The Morgan fingerprint density at radius 1 is 1.41 bits per heavy atom. The quantitative estimate of drug-likeness (QED) is 0.811. The van der Waals surface area contributed by atoms with Crippen LogP contribution in [0.2, 0.25) is 0 Å². The third-order valence-electron chi connectivity index (χ3n) is 3.40. The first kappa shape index (κ1) is 12.9. The molecule has 0 aromatic carbocycles. The van der Waals surface area contributed by atoms with Crippen molar-refractivity contribution >= 4 is 11.8 Å². The zero-order valence-electron chi connectivity index (χ0n) is 10.8. The second-order valence-corrected chi connectivity index (χ2v) is 5.97. The Bertz CT molecular complexity index is 359. The lowest BCUT2D eigenvalue weighted by Gasteiger charge is -2.10. The smallest absolute Gasteiger partial charge is 0.0989 e. The number of nitrogens with zero attached hydrogens (tertiary/aromatic N) is 1. The standard InChI is InChI=1S/C14H22N2S/c1-11-7-13(8-15-2)9-16-14(11)17-10-12-5-3-4-6-12/h7,9,12,15H,3-6,8,10H2,1-2H3. The van der Waals surface area contributed by atoms with Gasteiger partial charge in [0.25, 0.3) is 0 Å². The summed E-state index contributed by atoms with van der Waals surface area (Å²) in [4.78, 5) is 4.58. The van der Waals surface area contributed by atoms with Crippen LogP contribution in [0.25, 0.3) is 0 Å². The van der Waals surface area contributed by atoms with E-state index >= 15 is 0 Å². The third kappa shape index (κ3) is 3.71. The molecule has 17 heavy (non-hydrogen) atoms. The van der Waals surface area contributed by atoms with Crippen LogP contribution in [0.15, 0.2) is 17.3 Å². The van der Waals surface area contributed by atoms with E-state index in [9.17, 15) is 0 Å². The van der Waals surface area contributed by atoms with Crippen LogP contribution < -0.4 is 5.32 Å². The first-order valence-electron chi connectivity index (χ1n) is 6.52. The number of rotatable bonds is 5. The highest BCUT2D eigenvalue weighted by Crippen LogP contribution is 2.31. The molecule has 0 radical (unpaired) electrons. The molecule has 94 valence electrons. The highest BCUT2D eigenvalue weighted by molar-refractivity contribution is 7.99. The van der Waals surface area contributed by atoms with Crippen molar-refractivity contribution in [3.8, 4) is 0 Å². The van der Waals surface area contributed by atoms with Gasteiger partial charge in [0.1, 0.15) is 0 Å². The molecule has 1 aliphatic carbocycles. The molecule has 1 aromatic rings. The summed E-state index contributed by atoms with van der Waals surface area (Å²) in [5.74, 6) is 2.18. The first-order valence-corrected chi connectivity index (χ1v) is 7.51. The number of hydrogen-bond donors (Lipinski definition) is 1. The molecule has 1 aromatic heterocycles. The maximum Gasteiger partial charge on any atom is 0.0989 e. The molecule has 2 nitrogen and oxygen atoms in total. The highest BCUT2D eigenvalue weighted by atomic mass is 32.2. The van der Waals surface area contributed by atoms with E-state index in [1.165, 1.54) is 47.6 Å². The molecule has 2 rings (SSSR count). The summed E-state index contributed by atoms with van der Waals surface area (Å²) in [5.41, 5.74) is 2.59. The van der Waals surface area contributed by atoms with Crippen molar-refractivity contribution in [2.24, 2.45) is 5.92 Å². The third-order valence-corrected chi connectivity index (χ3v) is 4.74. The van der Waals surface area contributed by atoms with Gasteiger partial charge in [-0.3, -0.25) is 0 Å². The van der Waals surface area contributed by atoms with Crippen molar-refractivity contribution in [2.45, 2.75) is 44.2 Å². The molecular formula is C14H22N2S. The van der Waals surface area contributed by atoms with Crippen molar-refractivity contribution in [3.63, 3.8) is 0 Å². The minimum atomic E-state index is 0.904. The SMILES string of the molecule is CNCc1cnc(SCC2CCCC2)c(C)c1. The van der Waals surface area contributed by atoms with E-state index in [2.05, 4.69) is 23.3 Å². The number of nitrogens with one attached hydrogen (secondary N) is 1. The van der Waals surface area contributed by atoms with Crippen molar-refractivity contribution in [1.82, 2.24) is 10.3 Å². The molecule has 1 heterocycles. The van der Waals surface area contributed by atoms with Crippen LogP contribution in [0.3, 0.4) is 0 Å². The van der Waals surface area contributed by atoms with Gasteiger partial charge in [-0.2, -0.15) is 0 Å². The van der Waals surface area contributed by atoms with Crippen LogP contribution in [0.1, 0.15) is 36.8 Å². The Kier molecular flexibility index (Phi) is 4.86. The molecule has 0 spiro atoms. The second-order valence-electron chi connectivity index (χ2n) is 4.96. The molecule has 3 heteroatoms. The maximum atomic E-state index is 4.58. The van der Waals surface area contributed by atoms with Gasteiger partial charge in [0.05, 0.1) is 5.03 Å². The molecule has 1 aliphatic rings. The van der Waals surface area contributed by atoms with Crippen LogP contribution in [-0.4, -0.2) is 17.8 Å². The summed E-state index contributed by atoms with van der Waals surface area (Å²) in [6.45, 7) is 3.07. The van der Waals surface area contributed by atoms with E-state index in [4.69, 9.17) is 0 Å². The lowest BCUT2D eigenvalue weighted by Crippen LogP contribution is -2.06. The van der Waals surface area contributed by atoms with Gasteiger partial charge in [-0.25, -0.2) is 4.98 Å². The molecule has 0 bridgehead atoms. The second kappa shape index (κ2) is 6.41. The van der Waals surface area contributed by atoms with Gasteiger partial charge in [-0.15, -0.1) is 11.8 Å². The van der Waals surface area contributed by atoms with Crippen molar-refractivity contribution in [2.75, 3.05) is 12.8 Å². The monoisotopic (exact) mass is 250 g/mol. The minimum Gasteiger partial charge on any atom is -0.316 e. The van der Waals surface area contributed by atoms with E-state index in [0.29, 0.717) is 0 Å². The van der Waals surface area contributed by atoms with Crippen LogP contribution in [0.5, 0.6) is 0 Å². The van der Waals surface area contributed by atoms with Gasteiger partial charge in [0.2, 0.25) is 0 Å². The Morgan fingerprint density at radius 2 is 2.18 bits per heavy atom. The van der Waals surface area contributed by atoms with Crippen LogP contribution in [0, 0.1) is 12.8 Å². The van der Waals surface area contributed by atoms with Gasteiger partial charge in [0, 0.05) is 18.5 Å². The number of aryl methyl sites for hydroxylation is 1. The van der Waals surface area contributed by atoms with E-state index < -0.39 is 0 Å². The van der Waals surface area contributed by atoms with E-state index in [-0.39, 0.29) is 0 Å². The molecule has 0 unspecified atom stereocenters. The molecule has 0 amide bonds. The first-order chi connectivity index (χ1) is 8.29. The molecular weight excluding hydrogens is 228 g/mol. The van der Waals surface area contributed by atoms with Gasteiger partial charge in [-0.05, 0) is 43.9 Å². The fourth-order valence-electron chi connectivity index (χ4n) is 2.45. The van der Waals surface area contributed by atoms with Crippen molar-refractivity contribution in [1.29, 1.82) is 0 Å². The Morgan fingerprint density at radius 3 is 2.82 bits per heavy atom. The minimum absolute atomic E-state index is 0.904. The van der Waals surface area contributed by atoms with E-state index in [1.54, 1.807) is 0 Å². The van der Waals surface area contributed by atoms with Gasteiger partial charge >= 0.3 is 0 Å². The fraction of sp³-hybridized carbons (Fsp3) is 0.643. The van der Waals surface area contributed by atoms with Crippen LogP contribution >= 0.6 is 11.8 Å². The van der Waals surface area contributed by atoms with Crippen LogP contribution in [-0.2, 0) is 6.54 Å². The normalized spacial score (nSPS) is 16.6. The van der Waals surface area contributed by atoms with Gasteiger partial charge in [0.15, 0.2) is 0 Å². The average Bonchev–Trinajstić information content (AvgIpc) is 2.81. The highest BCUT2D eigenvalue weighted by Gasteiger charge is 2.15. The average molecular weight is 250 g/mol. The summed E-state index contributed by atoms with van der Waals surface area (Å²) < 4.78 is 0. The molecule has 1 N–H and O–H groups in total. The Balaban J connectivity index is 1.91. The van der Waals surface area contributed by atoms with Gasteiger partial charge in [-0.1, -0.05) is 18.9 Å². The molecule has 1 fully saturated rings. The maximum absolute atomic E-state index is 4.58. The zero-order chi connectivity index (χ0) is 12.1. The Labute approximate surface area is 109 Å². The Hall–Kier alpha value is -0.540. The predicted octanol–water partition coefficient (Wildman–Crippen LogP) is 3.39. The lowest BCUT2D eigenvalue weighted by molar-refractivity contribution is 0.622. The van der Waals surface area contributed by atoms with E-state index in [0.717, 1.165) is 12.5 Å². The van der Waals surface area contributed by atoms with Gasteiger partial charge < -0.3 is 5.32 Å². The summed E-state index contributed by atoms with van der Waals surface area (Å²) in [5, 5.41) is 4.38. The molecule has 0 saturated heterocycles. The number of thioether (sulfide) groups is 1. The van der Waals surface area contributed by atoms with Crippen molar-refractivity contribution in [3.05, 3.63) is 23.4 Å². The topological polar surface area (TPSA) is 24.9 Å². The van der Waals surface area contributed by atoms with E-state index in [1.807, 2.05) is 25.0 Å².